The van der Waals surface area contributed by atoms with Crippen molar-refractivity contribution in [2.75, 3.05) is 0 Å². The van der Waals surface area contributed by atoms with E-state index in [4.69, 9.17) is 12.2 Å². The van der Waals surface area contributed by atoms with Gasteiger partial charge in [-0.05, 0) is 5.92 Å². The fourth-order valence-corrected chi connectivity index (χ4v) is 0.833. The number of carbonyl (C=O) groups excluding carboxylic acids is 1. The summed E-state index contributed by atoms with van der Waals surface area (Å²) in [5.74, 6) is 1.59. The summed E-state index contributed by atoms with van der Waals surface area (Å²) in [6, 6.07) is -0.629. The molecule has 62 valence electrons. The first-order valence-electron chi connectivity index (χ1n) is 3.47. The average molecular weight is 163 g/mol. The van der Waals surface area contributed by atoms with Crippen LogP contribution in [0.2, 0.25) is 0 Å². The highest BCUT2D eigenvalue weighted by Gasteiger charge is 2.11. The summed E-state index contributed by atoms with van der Waals surface area (Å²) in [4.78, 5) is 17.5. The van der Waals surface area contributed by atoms with Crippen LogP contribution in [-0.4, -0.2) is 21.8 Å². The quantitative estimate of drug-likeness (QED) is 0.465. The molecule has 1 atom stereocenters. The summed E-state index contributed by atoms with van der Waals surface area (Å²) in [5, 5.41) is 0. The van der Waals surface area contributed by atoms with E-state index in [9.17, 15) is 4.79 Å². The van der Waals surface area contributed by atoms with E-state index < -0.39 is 6.04 Å². The number of hydrogen-bond donors (Lipinski definition) is 2. The fraction of sp³-hybridized carbons (Fsp3) is 0.250. The van der Waals surface area contributed by atoms with Gasteiger partial charge in [0.25, 0.3) is 0 Å². The van der Waals surface area contributed by atoms with Crippen molar-refractivity contribution in [3.05, 3.63) is 18.2 Å². The van der Waals surface area contributed by atoms with E-state index in [1.54, 1.807) is 6.20 Å². The molecule has 0 spiro atoms. The van der Waals surface area contributed by atoms with Crippen molar-refractivity contribution >= 4 is 5.78 Å². The number of terminal acetylenes is 1. The molecule has 1 heterocycles. The Labute approximate surface area is 70.2 Å². The SMILES string of the molecule is C#CC(=O)[C@@H](N)Cc1cnc[nH]1. The smallest absolute Gasteiger partial charge is 0.222 e. The van der Waals surface area contributed by atoms with Gasteiger partial charge < -0.3 is 10.7 Å². The maximum absolute atomic E-state index is 10.8. The van der Waals surface area contributed by atoms with Crippen molar-refractivity contribution in [3.8, 4) is 12.3 Å². The maximum Gasteiger partial charge on any atom is 0.222 e. The largest absolute Gasteiger partial charge is 0.348 e. The molecule has 4 heteroatoms. The lowest BCUT2D eigenvalue weighted by Gasteiger charge is -2.02. The molecule has 0 unspecified atom stereocenters. The fourth-order valence-electron chi connectivity index (χ4n) is 0.833. The summed E-state index contributed by atoms with van der Waals surface area (Å²) >= 11 is 0. The second kappa shape index (κ2) is 3.69. The molecule has 3 N–H and O–H groups in total. The summed E-state index contributed by atoms with van der Waals surface area (Å²) in [6.45, 7) is 0. The third-order valence-electron chi connectivity index (χ3n) is 1.47. The van der Waals surface area contributed by atoms with Gasteiger partial charge in [-0.2, -0.15) is 0 Å². The zero-order valence-electron chi connectivity index (χ0n) is 6.45. The van der Waals surface area contributed by atoms with Gasteiger partial charge in [-0.25, -0.2) is 4.98 Å². The number of rotatable bonds is 3. The Balaban J connectivity index is 2.54. The van der Waals surface area contributed by atoms with Crippen molar-refractivity contribution in [1.29, 1.82) is 0 Å². The van der Waals surface area contributed by atoms with Crippen LogP contribution in [0.5, 0.6) is 0 Å². The zero-order chi connectivity index (χ0) is 8.97. The van der Waals surface area contributed by atoms with Crippen LogP contribution in [0.15, 0.2) is 12.5 Å². The van der Waals surface area contributed by atoms with Gasteiger partial charge in [0, 0.05) is 18.3 Å². The Kier molecular flexibility index (Phi) is 2.62. The number of ketones is 1. The van der Waals surface area contributed by atoms with Crippen LogP contribution in [0.25, 0.3) is 0 Å². The van der Waals surface area contributed by atoms with E-state index in [1.165, 1.54) is 6.33 Å². The molecule has 0 amide bonds. The van der Waals surface area contributed by atoms with Gasteiger partial charge in [0.15, 0.2) is 0 Å². The number of aromatic amines is 1. The van der Waals surface area contributed by atoms with Crippen molar-refractivity contribution in [2.45, 2.75) is 12.5 Å². The number of nitrogens with one attached hydrogen (secondary N) is 1. The van der Waals surface area contributed by atoms with Gasteiger partial charge in [0.05, 0.1) is 12.4 Å². The Morgan fingerprint density at radius 2 is 2.67 bits per heavy atom. The number of imidazole rings is 1. The first kappa shape index (κ1) is 8.50. The van der Waals surface area contributed by atoms with Crippen LogP contribution < -0.4 is 5.73 Å². The van der Waals surface area contributed by atoms with Crippen LogP contribution >= 0.6 is 0 Å². The third kappa shape index (κ3) is 1.94. The van der Waals surface area contributed by atoms with Crippen molar-refractivity contribution < 1.29 is 4.79 Å². The Bertz CT molecular complexity index is 297. The van der Waals surface area contributed by atoms with Gasteiger partial charge in [0.2, 0.25) is 5.78 Å². The lowest BCUT2D eigenvalue weighted by molar-refractivity contribution is -0.114. The second-order valence-electron chi connectivity index (χ2n) is 2.40. The van der Waals surface area contributed by atoms with Crippen LogP contribution in [0.1, 0.15) is 5.69 Å². The molecule has 0 saturated carbocycles. The molecule has 0 aliphatic carbocycles. The standard InChI is InChI=1S/C8H9N3O/c1-2-8(12)7(9)3-6-4-10-5-11-6/h1,4-5,7H,3,9H2,(H,10,11)/t7-/m0/s1. The van der Waals surface area contributed by atoms with Crippen LogP contribution in [0, 0.1) is 12.3 Å². The average Bonchev–Trinajstić information content (AvgIpc) is 2.55. The monoisotopic (exact) mass is 163 g/mol. The summed E-state index contributed by atoms with van der Waals surface area (Å²) in [5.41, 5.74) is 6.29. The number of hydrogen-bond acceptors (Lipinski definition) is 3. The molecule has 1 aromatic rings. The molecule has 0 bridgehead atoms. The minimum absolute atomic E-state index is 0.385. The molecule has 0 fully saturated rings. The van der Waals surface area contributed by atoms with Gasteiger partial charge in [-0.3, -0.25) is 4.79 Å². The van der Waals surface area contributed by atoms with E-state index >= 15 is 0 Å². The molecule has 0 radical (unpaired) electrons. The lowest BCUT2D eigenvalue weighted by atomic mass is 10.1. The highest BCUT2D eigenvalue weighted by molar-refractivity contribution is 5.99. The second-order valence-corrected chi connectivity index (χ2v) is 2.40. The molecule has 0 saturated heterocycles. The maximum atomic E-state index is 10.8. The van der Waals surface area contributed by atoms with Gasteiger partial charge in [0.1, 0.15) is 0 Å². The Hall–Kier alpha value is -1.60. The minimum Gasteiger partial charge on any atom is -0.348 e. The van der Waals surface area contributed by atoms with E-state index in [0.29, 0.717) is 6.42 Å². The van der Waals surface area contributed by atoms with Gasteiger partial charge in [-0.15, -0.1) is 6.42 Å². The summed E-state index contributed by atoms with van der Waals surface area (Å²) < 4.78 is 0. The number of H-pyrrole nitrogens is 1. The lowest BCUT2D eigenvalue weighted by Crippen LogP contribution is -2.31. The van der Waals surface area contributed by atoms with E-state index in [2.05, 4.69) is 9.97 Å². The number of aromatic nitrogens is 2. The zero-order valence-corrected chi connectivity index (χ0v) is 6.45. The molecule has 0 aliphatic rings. The minimum atomic E-state index is -0.629. The predicted molar refractivity (Wildman–Crippen MR) is 44.1 cm³/mol. The summed E-state index contributed by atoms with van der Waals surface area (Å²) in [6.07, 6.45) is 8.45. The van der Waals surface area contributed by atoms with Crippen LogP contribution in [0.4, 0.5) is 0 Å². The highest BCUT2D eigenvalue weighted by atomic mass is 16.1. The Morgan fingerprint density at radius 1 is 1.92 bits per heavy atom. The van der Waals surface area contributed by atoms with Crippen molar-refractivity contribution in [1.82, 2.24) is 9.97 Å². The first-order chi connectivity index (χ1) is 5.74. The topological polar surface area (TPSA) is 71.8 Å². The molecule has 12 heavy (non-hydrogen) atoms. The molecule has 4 nitrogen and oxygen atoms in total. The molecular formula is C8H9N3O. The van der Waals surface area contributed by atoms with Crippen LogP contribution in [-0.2, 0) is 11.2 Å². The highest BCUT2D eigenvalue weighted by Crippen LogP contribution is 1.96. The van der Waals surface area contributed by atoms with E-state index in [1.807, 2.05) is 5.92 Å². The number of Topliss-reactive ketones (excluding diaryl/α,β-unsaturated/α-hetero) is 1. The Morgan fingerprint density at radius 3 is 3.17 bits per heavy atom. The first-order valence-corrected chi connectivity index (χ1v) is 3.47. The van der Waals surface area contributed by atoms with Gasteiger partial charge in [-0.1, -0.05) is 0 Å². The van der Waals surface area contributed by atoms with Crippen molar-refractivity contribution in [2.24, 2.45) is 5.73 Å². The molecule has 0 aliphatic heterocycles. The molecule has 0 aromatic carbocycles. The molecule has 1 rings (SSSR count). The summed E-state index contributed by atoms with van der Waals surface area (Å²) in [7, 11) is 0. The predicted octanol–water partition coefficient (Wildman–Crippen LogP) is -0.518. The van der Waals surface area contributed by atoms with Gasteiger partial charge >= 0.3 is 0 Å². The number of nitrogens with two attached hydrogens (primary N) is 1. The number of nitrogens with zero attached hydrogens (tertiary/aromatic N) is 1. The molecule has 1 aromatic heterocycles. The number of carbonyl (C=O) groups is 1. The third-order valence-corrected chi connectivity index (χ3v) is 1.47. The van der Waals surface area contributed by atoms with Crippen molar-refractivity contribution in [3.63, 3.8) is 0 Å². The molecular weight excluding hydrogens is 154 g/mol. The van der Waals surface area contributed by atoms with E-state index in [0.717, 1.165) is 5.69 Å². The van der Waals surface area contributed by atoms with Crippen LogP contribution in [0.3, 0.4) is 0 Å². The normalized spacial score (nSPS) is 12.0. The van der Waals surface area contributed by atoms with E-state index in [-0.39, 0.29) is 5.78 Å².